The normalized spacial score (nSPS) is 19.0. The van der Waals surface area contributed by atoms with Crippen molar-refractivity contribution in [1.82, 2.24) is 9.47 Å². The zero-order chi connectivity index (χ0) is 21.3. The number of carbonyl (C=O) groups excluding carboxylic acids is 3. The fraction of sp³-hybridized carbons (Fsp3) is 0.476. The molecule has 7 nitrogen and oxygen atoms in total. The van der Waals surface area contributed by atoms with E-state index in [1.54, 1.807) is 12.1 Å². The summed E-state index contributed by atoms with van der Waals surface area (Å²) >= 11 is 1.44. The first kappa shape index (κ1) is 21.2. The fourth-order valence-electron chi connectivity index (χ4n) is 3.89. The number of esters is 1. The minimum atomic E-state index is -0.747. The molecule has 1 fully saturated rings. The number of rotatable bonds is 6. The molecule has 2 aromatic rings. The Morgan fingerprint density at radius 2 is 2.03 bits per heavy atom. The zero-order valence-electron chi connectivity index (χ0n) is 17.3. The maximum Gasteiger partial charge on any atom is 0.330 e. The first-order chi connectivity index (χ1) is 13.7. The van der Waals surface area contributed by atoms with Crippen LogP contribution in [0, 0.1) is 13.8 Å². The van der Waals surface area contributed by atoms with Gasteiger partial charge in [-0.1, -0.05) is 0 Å². The molecule has 0 spiro atoms. The molecule has 2 atom stereocenters. The van der Waals surface area contributed by atoms with Gasteiger partial charge in [0.15, 0.2) is 6.61 Å². The van der Waals surface area contributed by atoms with Gasteiger partial charge in [-0.3, -0.25) is 9.59 Å². The summed E-state index contributed by atoms with van der Waals surface area (Å²) in [6.45, 7) is 9.01. The van der Waals surface area contributed by atoms with Gasteiger partial charge in [-0.25, -0.2) is 4.79 Å². The van der Waals surface area contributed by atoms with Crippen molar-refractivity contribution in [1.29, 1.82) is 0 Å². The van der Waals surface area contributed by atoms with E-state index in [4.69, 9.17) is 9.15 Å². The number of furan rings is 1. The van der Waals surface area contributed by atoms with E-state index < -0.39 is 12.0 Å². The highest BCUT2D eigenvalue weighted by molar-refractivity contribution is 7.99. The molecule has 1 saturated heterocycles. The molecule has 0 radical (unpaired) electrons. The van der Waals surface area contributed by atoms with Crippen LogP contribution in [0.2, 0.25) is 0 Å². The predicted molar refractivity (Wildman–Crippen MR) is 110 cm³/mol. The van der Waals surface area contributed by atoms with Crippen LogP contribution in [-0.4, -0.2) is 45.5 Å². The summed E-state index contributed by atoms with van der Waals surface area (Å²) in [5.41, 5.74) is 2.41. The Hall–Kier alpha value is -2.48. The van der Waals surface area contributed by atoms with Gasteiger partial charge in [-0.15, -0.1) is 11.8 Å². The third-order valence-corrected chi connectivity index (χ3v) is 6.35. The highest BCUT2D eigenvalue weighted by atomic mass is 32.2. The van der Waals surface area contributed by atoms with E-state index in [1.807, 2.05) is 19.9 Å². The van der Waals surface area contributed by atoms with Crippen molar-refractivity contribution in [3.05, 3.63) is 47.2 Å². The molecule has 8 heteroatoms. The summed E-state index contributed by atoms with van der Waals surface area (Å²) in [4.78, 5) is 38.9. The largest absolute Gasteiger partial charge is 0.466 e. The van der Waals surface area contributed by atoms with Gasteiger partial charge in [0, 0.05) is 35.7 Å². The smallest absolute Gasteiger partial charge is 0.330 e. The SMILES string of the molecule is CC(=O)N1[C@@H](c2ccco2)SC[C@H]1C(=O)OCC(=O)c1cc(C)n(C(C)C)c1C. The lowest BCUT2D eigenvalue weighted by atomic mass is 10.1. The molecule has 1 amide bonds. The van der Waals surface area contributed by atoms with Crippen LogP contribution in [0.25, 0.3) is 0 Å². The molecule has 2 aromatic heterocycles. The summed E-state index contributed by atoms with van der Waals surface area (Å²) in [6.07, 6.45) is 1.53. The molecular weight excluding hydrogens is 392 g/mol. The maximum absolute atomic E-state index is 12.7. The van der Waals surface area contributed by atoms with Gasteiger partial charge >= 0.3 is 5.97 Å². The van der Waals surface area contributed by atoms with Crippen molar-refractivity contribution in [2.24, 2.45) is 0 Å². The Kier molecular flexibility index (Phi) is 6.21. The number of ether oxygens (including phenoxy) is 1. The number of nitrogens with zero attached hydrogens (tertiary/aromatic N) is 2. The number of Topliss-reactive ketones (excluding diaryl/α,β-unsaturated/α-hetero) is 1. The van der Waals surface area contributed by atoms with Crippen molar-refractivity contribution in [2.45, 2.75) is 52.1 Å². The molecule has 1 aliphatic rings. The number of aryl methyl sites for hydroxylation is 1. The van der Waals surface area contributed by atoms with Gasteiger partial charge in [-0.2, -0.15) is 0 Å². The van der Waals surface area contributed by atoms with Crippen molar-refractivity contribution < 1.29 is 23.5 Å². The van der Waals surface area contributed by atoms with E-state index in [1.165, 1.54) is 29.8 Å². The van der Waals surface area contributed by atoms with Crippen LogP contribution in [0.3, 0.4) is 0 Å². The molecule has 0 N–H and O–H groups in total. The summed E-state index contributed by atoms with van der Waals surface area (Å²) < 4.78 is 12.8. The summed E-state index contributed by atoms with van der Waals surface area (Å²) in [6, 6.07) is 4.83. The van der Waals surface area contributed by atoms with Crippen LogP contribution in [0.4, 0.5) is 0 Å². The zero-order valence-corrected chi connectivity index (χ0v) is 18.1. The number of thioether (sulfide) groups is 1. The minimum absolute atomic E-state index is 0.234. The van der Waals surface area contributed by atoms with Gasteiger partial charge < -0.3 is 18.6 Å². The van der Waals surface area contributed by atoms with E-state index in [0.717, 1.165) is 11.4 Å². The molecular formula is C21H26N2O5S. The molecule has 0 unspecified atom stereocenters. The molecule has 0 saturated carbocycles. The van der Waals surface area contributed by atoms with Gasteiger partial charge in [-0.05, 0) is 45.9 Å². The standard InChI is InChI=1S/C21H26N2O5S/c1-12(2)22-13(3)9-16(14(22)4)18(25)10-28-21(26)17-11-29-20(23(17)15(5)24)19-7-6-8-27-19/h6-9,12,17,20H,10-11H2,1-5H3/t17-,20+/m0/s1. The molecule has 0 aromatic carbocycles. The third-order valence-electron chi connectivity index (χ3n) is 5.07. The molecule has 156 valence electrons. The number of carbonyl (C=O) groups is 3. The highest BCUT2D eigenvalue weighted by Crippen LogP contribution is 2.41. The summed E-state index contributed by atoms with van der Waals surface area (Å²) in [5, 5.41) is -0.374. The number of aromatic nitrogens is 1. The van der Waals surface area contributed by atoms with Crippen LogP contribution in [0.15, 0.2) is 28.9 Å². The van der Waals surface area contributed by atoms with Crippen molar-refractivity contribution in [2.75, 3.05) is 12.4 Å². The predicted octanol–water partition coefficient (Wildman–Crippen LogP) is 3.67. The summed E-state index contributed by atoms with van der Waals surface area (Å²) in [5.74, 6) is -0.0728. The maximum atomic E-state index is 12.7. The van der Waals surface area contributed by atoms with Gasteiger partial charge in [0.2, 0.25) is 11.7 Å². The Morgan fingerprint density at radius 3 is 2.59 bits per heavy atom. The Balaban J connectivity index is 1.68. The lowest BCUT2D eigenvalue weighted by molar-refractivity contribution is -0.152. The second kappa shape index (κ2) is 8.49. The van der Waals surface area contributed by atoms with E-state index in [0.29, 0.717) is 17.1 Å². The van der Waals surface area contributed by atoms with Crippen molar-refractivity contribution in [3.63, 3.8) is 0 Å². The van der Waals surface area contributed by atoms with Crippen LogP contribution in [0.1, 0.15) is 59.7 Å². The lowest BCUT2D eigenvalue weighted by Gasteiger charge is -2.25. The van der Waals surface area contributed by atoms with Gasteiger partial charge in [0.25, 0.3) is 0 Å². The Labute approximate surface area is 174 Å². The van der Waals surface area contributed by atoms with Crippen molar-refractivity contribution in [3.8, 4) is 0 Å². The number of ketones is 1. The van der Waals surface area contributed by atoms with Crippen molar-refractivity contribution >= 4 is 29.4 Å². The Morgan fingerprint density at radius 1 is 1.31 bits per heavy atom. The van der Waals surface area contributed by atoms with Crippen LogP contribution in [-0.2, 0) is 14.3 Å². The molecule has 3 rings (SSSR count). The van der Waals surface area contributed by atoms with E-state index in [2.05, 4.69) is 18.4 Å². The van der Waals surface area contributed by atoms with E-state index >= 15 is 0 Å². The number of hydrogen-bond acceptors (Lipinski definition) is 6. The van der Waals surface area contributed by atoms with Gasteiger partial charge in [0.1, 0.15) is 17.2 Å². The average molecular weight is 419 g/mol. The lowest BCUT2D eigenvalue weighted by Crippen LogP contribution is -2.43. The first-order valence-electron chi connectivity index (χ1n) is 9.54. The Bertz CT molecular complexity index is 916. The fourth-order valence-corrected chi connectivity index (χ4v) is 5.30. The number of hydrogen-bond donors (Lipinski definition) is 0. The highest BCUT2D eigenvalue weighted by Gasteiger charge is 2.43. The molecule has 3 heterocycles. The quantitative estimate of drug-likeness (QED) is 0.526. The van der Waals surface area contributed by atoms with E-state index in [9.17, 15) is 14.4 Å². The first-order valence-corrected chi connectivity index (χ1v) is 10.6. The van der Waals surface area contributed by atoms with Crippen LogP contribution >= 0.6 is 11.8 Å². The monoisotopic (exact) mass is 418 g/mol. The molecule has 0 bridgehead atoms. The molecule has 0 aliphatic carbocycles. The minimum Gasteiger partial charge on any atom is -0.466 e. The van der Waals surface area contributed by atoms with E-state index in [-0.39, 0.29) is 29.7 Å². The third kappa shape index (κ3) is 4.12. The molecule has 29 heavy (non-hydrogen) atoms. The van der Waals surface area contributed by atoms with Crippen LogP contribution < -0.4 is 0 Å². The van der Waals surface area contributed by atoms with Crippen LogP contribution in [0.5, 0.6) is 0 Å². The second-order valence-corrected chi connectivity index (χ2v) is 8.54. The second-order valence-electron chi connectivity index (χ2n) is 7.42. The number of amides is 1. The summed E-state index contributed by atoms with van der Waals surface area (Å²) in [7, 11) is 0. The van der Waals surface area contributed by atoms with Gasteiger partial charge in [0.05, 0.1) is 6.26 Å². The topological polar surface area (TPSA) is 81.8 Å². The molecule has 1 aliphatic heterocycles. The average Bonchev–Trinajstić information content (AvgIpc) is 3.37.